The number of ether oxygens (including phenoxy) is 1. The van der Waals surface area contributed by atoms with Crippen LogP contribution in [0.5, 0.6) is 0 Å². The van der Waals surface area contributed by atoms with Crippen molar-refractivity contribution in [3.05, 3.63) is 0 Å². The number of anilines is 1. The summed E-state index contributed by atoms with van der Waals surface area (Å²) in [6.45, 7) is -0.934. The molecule has 1 rings (SSSR count). The molecule has 0 atom stereocenters. The van der Waals surface area contributed by atoms with E-state index in [-0.39, 0.29) is 11.8 Å². The zero-order chi connectivity index (χ0) is 16.6. The molecule has 0 aliphatic heterocycles. The number of rotatable bonds is 7. The number of alkyl halides is 3. The third-order valence-electron chi connectivity index (χ3n) is 2.38. The number of aryl methyl sites for hydroxylation is 1. The standard InChI is InChI=1S/C10H17F3N8O/c1-22-7(14)4-2-3-5-21-19-9(18-20-21)17-8(15)16-6-10(11,12)13/h14H,2-6H2,1H3,(H3,15,16,17,19). The van der Waals surface area contributed by atoms with Gasteiger partial charge in [-0.1, -0.05) is 5.10 Å². The molecule has 1 aromatic heterocycles. The van der Waals surface area contributed by atoms with Gasteiger partial charge in [0, 0.05) is 6.42 Å². The summed E-state index contributed by atoms with van der Waals surface area (Å²) in [5, 5.41) is 20.8. The summed E-state index contributed by atoms with van der Waals surface area (Å²) in [5.41, 5.74) is 5.28. The van der Waals surface area contributed by atoms with Gasteiger partial charge in [0.05, 0.1) is 13.7 Å². The van der Waals surface area contributed by atoms with E-state index in [9.17, 15) is 13.2 Å². The Labute approximate surface area is 124 Å². The van der Waals surface area contributed by atoms with Gasteiger partial charge < -0.3 is 10.5 Å². The van der Waals surface area contributed by atoms with Crippen molar-refractivity contribution in [2.24, 2.45) is 10.7 Å². The van der Waals surface area contributed by atoms with Crippen LogP contribution in [-0.2, 0) is 11.3 Å². The number of tetrazole rings is 1. The van der Waals surface area contributed by atoms with Crippen LogP contribution in [0.15, 0.2) is 4.99 Å². The lowest BCUT2D eigenvalue weighted by molar-refractivity contribution is -0.118. The minimum absolute atomic E-state index is 0.0342. The third-order valence-corrected chi connectivity index (χ3v) is 2.38. The molecule has 0 fully saturated rings. The largest absolute Gasteiger partial charge is 0.484 e. The van der Waals surface area contributed by atoms with Crippen LogP contribution in [0.3, 0.4) is 0 Å². The van der Waals surface area contributed by atoms with Gasteiger partial charge in [0.25, 0.3) is 5.95 Å². The minimum Gasteiger partial charge on any atom is -0.484 e. The lowest BCUT2D eigenvalue weighted by Crippen LogP contribution is -2.26. The second kappa shape index (κ2) is 8.14. The quantitative estimate of drug-likeness (QED) is 0.386. The summed E-state index contributed by atoms with van der Waals surface area (Å²) in [5.74, 6) is -0.277. The zero-order valence-electron chi connectivity index (χ0n) is 11.9. The van der Waals surface area contributed by atoms with Crippen LogP contribution >= 0.6 is 0 Å². The summed E-state index contributed by atoms with van der Waals surface area (Å²) in [6, 6.07) is 0. The van der Waals surface area contributed by atoms with Crippen molar-refractivity contribution < 1.29 is 17.9 Å². The highest BCUT2D eigenvalue weighted by Crippen LogP contribution is 2.14. The van der Waals surface area contributed by atoms with Crippen LogP contribution in [0.4, 0.5) is 19.1 Å². The smallest absolute Gasteiger partial charge is 0.408 e. The van der Waals surface area contributed by atoms with Crippen molar-refractivity contribution in [2.45, 2.75) is 32.0 Å². The number of aromatic nitrogens is 4. The summed E-state index contributed by atoms with van der Waals surface area (Å²) in [7, 11) is 1.43. The van der Waals surface area contributed by atoms with Gasteiger partial charge in [-0.3, -0.25) is 10.7 Å². The molecule has 0 bridgehead atoms. The summed E-state index contributed by atoms with van der Waals surface area (Å²) in [6.07, 6.45) is -2.51. The average Bonchev–Trinajstić information content (AvgIpc) is 2.88. The number of methoxy groups -OCH3 is 1. The van der Waals surface area contributed by atoms with Gasteiger partial charge in [0.15, 0.2) is 11.9 Å². The molecule has 124 valence electrons. The summed E-state index contributed by atoms with van der Waals surface area (Å²) >= 11 is 0. The van der Waals surface area contributed by atoms with Crippen LogP contribution in [0.1, 0.15) is 19.3 Å². The van der Waals surface area contributed by atoms with E-state index in [2.05, 4.69) is 25.7 Å². The van der Waals surface area contributed by atoms with Gasteiger partial charge in [-0.2, -0.15) is 18.0 Å². The number of guanidine groups is 1. The first-order valence-corrected chi connectivity index (χ1v) is 6.33. The van der Waals surface area contributed by atoms with E-state index in [0.29, 0.717) is 25.8 Å². The molecule has 1 heterocycles. The molecular formula is C10H17F3N8O. The number of halogens is 3. The lowest BCUT2D eigenvalue weighted by Gasteiger charge is -2.03. The van der Waals surface area contributed by atoms with Crippen LogP contribution in [-0.4, -0.2) is 51.9 Å². The molecule has 0 saturated carbocycles. The molecule has 0 aliphatic rings. The highest BCUT2D eigenvalue weighted by molar-refractivity contribution is 5.90. The normalized spacial score (nSPS) is 12.3. The van der Waals surface area contributed by atoms with Crippen molar-refractivity contribution in [3.63, 3.8) is 0 Å². The number of nitrogens with one attached hydrogen (secondary N) is 2. The molecule has 1 aromatic rings. The van der Waals surface area contributed by atoms with E-state index < -0.39 is 18.7 Å². The van der Waals surface area contributed by atoms with Crippen LogP contribution in [0.2, 0.25) is 0 Å². The monoisotopic (exact) mass is 322 g/mol. The molecule has 22 heavy (non-hydrogen) atoms. The molecule has 0 saturated heterocycles. The maximum absolute atomic E-state index is 12.0. The van der Waals surface area contributed by atoms with E-state index in [4.69, 9.17) is 15.9 Å². The Balaban J connectivity index is 2.36. The fraction of sp³-hybridized carbons (Fsp3) is 0.700. The van der Waals surface area contributed by atoms with E-state index in [1.165, 1.54) is 11.9 Å². The first-order valence-electron chi connectivity index (χ1n) is 6.33. The molecule has 0 spiro atoms. The van der Waals surface area contributed by atoms with Gasteiger partial charge in [-0.25, -0.2) is 4.99 Å². The highest BCUT2D eigenvalue weighted by atomic mass is 19.4. The fourth-order valence-electron chi connectivity index (χ4n) is 1.36. The number of aliphatic imine (C=N–C) groups is 1. The molecule has 0 aromatic carbocycles. The number of hydrogen-bond donors (Lipinski definition) is 3. The molecule has 12 heteroatoms. The highest BCUT2D eigenvalue weighted by Gasteiger charge is 2.26. The Hall–Kier alpha value is -2.40. The van der Waals surface area contributed by atoms with Crippen LogP contribution in [0, 0.1) is 5.41 Å². The molecular weight excluding hydrogens is 305 g/mol. The summed E-state index contributed by atoms with van der Waals surface area (Å²) in [4.78, 5) is 4.38. The topological polar surface area (TPSA) is 127 Å². The fourth-order valence-corrected chi connectivity index (χ4v) is 1.36. The first kappa shape index (κ1) is 17.7. The van der Waals surface area contributed by atoms with Crippen molar-refractivity contribution in [1.29, 1.82) is 5.41 Å². The molecule has 4 N–H and O–H groups in total. The Morgan fingerprint density at radius 3 is 2.82 bits per heavy atom. The van der Waals surface area contributed by atoms with Crippen molar-refractivity contribution in [3.8, 4) is 0 Å². The maximum Gasteiger partial charge on any atom is 0.408 e. The van der Waals surface area contributed by atoms with Crippen molar-refractivity contribution >= 4 is 17.8 Å². The second-order valence-corrected chi connectivity index (χ2v) is 4.23. The Morgan fingerprint density at radius 2 is 2.18 bits per heavy atom. The molecule has 9 nitrogen and oxygen atoms in total. The lowest BCUT2D eigenvalue weighted by atomic mass is 10.2. The Bertz CT molecular complexity index is 513. The minimum atomic E-state index is -4.42. The van der Waals surface area contributed by atoms with E-state index in [0.717, 1.165) is 0 Å². The number of unbranched alkanes of at least 4 members (excludes halogenated alkanes) is 1. The zero-order valence-corrected chi connectivity index (χ0v) is 11.9. The molecule has 0 radical (unpaired) electrons. The molecule has 0 aliphatic carbocycles. The van der Waals surface area contributed by atoms with E-state index >= 15 is 0 Å². The SMILES string of the molecule is COC(=N)CCCCn1nnc(N/C(N)=N\CC(F)(F)F)n1. The van der Waals surface area contributed by atoms with Gasteiger partial charge >= 0.3 is 6.18 Å². The molecule has 0 amide bonds. The van der Waals surface area contributed by atoms with E-state index in [1.807, 2.05) is 0 Å². The van der Waals surface area contributed by atoms with Crippen molar-refractivity contribution in [1.82, 2.24) is 20.2 Å². The van der Waals surface area contributed by atoms with Gasteiger partial charge in [-0.15, -0.1) is 5.10 Å². The average molecular weight is 322 g/mol. The van der Waals surface area contributed by atoms with Crippen LogP contribution in [0.25, 0.3) is 0 Å². The Kier molecular flexibility index (Phi) is 6.53. The number of nitrogens with zero attached hydrogens (tertiary/aromatic N) is 5. The van der Waals surface area contributed by atoms with Crippen LogP contribution < -0.4 is 11.1 Å². The summed E-state index contributed by atoms with van der Waals surface area (Å²) < 4.78 is 40.6. The first-order chi connectivity index (χ1) is 10.3. The van der Waals surface area contributed by atoms with Gasteiger partial charge in [0.2, 0.25) is 0 Å². The van der Waals surface area contributed by atoms with Crippen molar-refractivity contribution in [2.75, 3.05) is 19.0 Å². The maximum atomic E-state index is 12.0. The number of nitrogens with two attached hydrogens (primary N) is 1. The number of hydrogen-bond acceptors (Lipinski definition) is 6. The predicted octanol–water partition coefficient (Wildman–Crippen LogP) is 0.756. The van der Waals surface area contributed by atoms with Gasteiger partial charge in [-0.05, 0) is 18.1 Å². The second-order valence-electron chi connectivity index (χ2n) is 4.23. The predicted molar refractivity (Wildman–Crippen MR) is 72.6 cm³/mol. The van der Waals surface area contributed by atoms with Gasteiger partial charge in [0.1, 0.15) is 6.54 Å². The third kappa shape index (κ3) is 7.40. The Morgan fingerprint density at radius 1 is 1.45 bits per heavy atom. The van der Waals surface area contributed by atoms with E-state index in [1.54, 1.807) is 0 Å². The molecule has 0 unspecified atom stereocenters.